The third-order valence-electron chi connectivity index (χ3n) is 3.98. The van der Waals surface area contributed by atoms with Crippen LogP contribution < -0.4 is 5.73 Å². The lowest BCUT2D eigenvalue weighted by Gasteiger charge is -2.17. The molecule has 3 nitrogen and oxygen atoms in total. The van der Waals surface area contributed by atoms with E-state index in [4.69, 9.17) is 5.73 Å². The minimum Gasteiger partial charge on any atom is -0.383 e. The van der Waals surface area contributed by atoms with Gasteiger partial charge in [0.25, 0.3) is 0 Å². The largest absolute Gasteiger partial charge is 0.383 e. The maximum absolute atomic E-state index is 9.65. The van der Waals surface area contributed by atoms with Gasteiger partial charge in [-0.05, 0) is 23.6 Å². The minimum absolute atomic E-state index is 0.263. The number of hydrogen-bond acceptors (Lipinski definition) is 3. The Morgan fingerprint density at radius 1 is 1.08 bits per heavy atom. The fourth-order valence-corrected chi connectivity index (χ4v) is 3.38. The van der Waals surface area contributed by atoms with Gasteiger partial charge in [-0.25, -0.2) is 4.98 Å². The van der Waals surface area contributed by atoms with Crippen molar-refractivity contribution in [1.82, 2.24) is 4.98 Å². The second-order valence-corrected chi connectivity index (χ2v) is 6.24. The molecule has 4 heteroatoms. The van der Waals surface area contributed by atoms with Crippen LogP contribution in [-0.4, -0.2) is 4.98 Å². The SMILES string of the molecule is CCc1c(-c2ccccc2)nc(N)c(C#N)c1-c1ccccc1Br. The maximum Gasteiger partial charge on any atom is 0.142 e. The summed E-state index contributed by atoms with van der Waals surface area (Å²) >= 11 is 3.59. The molecule has 0 aliphatic rings. The van der Waals surface area contributed by atoms with E-state index in [-0.39, 0.29) is 5.82 Å². The van der Waals surface area contributed by atoms with Crippen molar-refractivity contribution in [2.45, 2.75) is 13.3 Å². The van der Waals surface area contributed by atoms with Crippen LogP contribution in [0.15, 0.2) is 59.1 Å². The first kappa shape index (κ1) is 16.2. The zero-order chi connectivity index (χ0) is 17.1. The molecule has 0 radical (unpaired) electrons. The molecule has 3 aromatic rings. The van der Waals surface area contributed by atoms with Gasteiger partial charge in [0, 0.05) is 15.6 Å². The van der Waals surface area contributed by atoms with Crippen LogP contribution in [0.2, 0.25) is 0 Å². The average Bonchev–Trinajstić information content (AvgIpc) is 2.62. The molecule has 3 rings (SSSR count). The number of rotatable bonds is 3. The standard InChI is InChI=1S/C20H16BrN3/c1-2-14-18(15-10-6-7-11-17(15)21)16(12-22)20(23)24-19(14)13-8-4-3-5-9-13/h3-11H,2H2,1H3,(H2,23,24). The van der Waals surface area contributed by atoms with E-state index in [0.29, 0.717) is 5.56 Å². The molecule has 0 saturated heterocycles. The summed E-state index contributed by atoms with van der Waals surface area (Å²) in [6.45, 7) is 2.07. The summed E-state index contributed by atoms with van der Waals surface area (Å²) in [4.78, 5) is 4.54. The molecule has 0 spiro atoms. The fraction of sp³-hybridized carbons (Fsp3) is 0.100. The van der Waals surface area contributed by atoms with E-state index in [9.17, 15) is 5.26 Å². The molecule has 2 aromatic carbocycles. The molecule has 118 valence electrons. The lowest BCUT2D eigenvalue weighted by Crippen LogP contribution is -2.05. The fourth-order valence-electron chi connectivity index (χ4n) is 2.89. The summed E-state index contributed by atoms with van der Waals surface area (Å²) in [6, 6.07) is 20.0. The van der Waals surface area contributed by atoms with Gasteiger partial charge in [0.15, 0.2) is 0 Å². The van der Waals surface area contributed by atoms with E-state index in [1.54, 1.807) is 0 Å². The minimum atomic E-state index is 0.263. The monoisotopic (exact) mass is 377 g/mol. The average molecular weight is 378 g/mol. The Bertz CT molecular complexity index is 928. The normalized spacial score (nSPS) is 10.4. The lowest BCUT2D eigenvalue weighted by atomic mass is 9.90. The number of benzene rings is 2. The van der Waals surface area contributed by atoms with Crippen molar-refractivity contribution < 1.29 is 0 Å². The zero-order valence-corrected chi connectivity index (χ0v) is 14.8. The van der Waals surface area contributed by atoms with Crippen molar-refractivity contribution in [3.63, 3.8) is 0 Å². The van der Waals surface area contributed by atoms with Crippen LogP contribution in [0.1, 0.15) is 18.1 Å². The van der Waals surface area contributed by atoms with Gasteiger partial charge >= 0.3 is 0 Å². The number of nitrogens with zero attached hydrogens (tertiary/aromatic N) is 2. The highest BCUT2D eigenvalue weighted by Crippen LogP contribution is 2.39. The molecule has 0 saturated carbocycles. The molecular formula is C20H16BrN3. The van der Waals surface area contributed by atoms with Crippen molar-refractivity contribution in [2.75, 3.05) is 5.73 Å². The van der Waals surface area contributed by atoms with Crippen LogP contribution in [0.5, 0.6) is 0 Å². The van der Waals surface area contributed by atoms with Crippen molar-refractivity contribution in [1.29, 1.82) is 5.26 Å². The van der Waals surface area contributed by atoms with Crippen LogP contribution in [-0.2, 0) is 6.42 Å². The van der Waals surface area contributed by atoms with Crippen molar-refractivity contribution >= 4 is 21.7 Å². The Labute approximate surface area is 149 Å². The van der Waals surface area contributed by atoms with E-state index in [0.717, 1.165) is 38.8 Å². The molecule has 0 bridgehead atoms. The number of nitrogen functional groups attached to an aromatic ring is 1. The van der Waals surface area contributed by atoms with Gasteiger partial charge in [-0.2, -0.15) is 5.26 Å². The van der Waals surface area contributed by atoms with Gasteiger partial charge in [0.1, 0.15) is 17.5 Å². The smallest absolute Gasteiger partial charge is 0.142 e. The quantitative estimate of drug-likeness (QED) is 0.682. The van der Waals surface area contributed by atoms with E-state index in [2.05, 4.69) is 33.9 Å². The Balaban J connectivity index is 2.41. The number of pyridine rings is 1. The van der Waals surface area contributed by atoms with Gasteiger partial charge in [-0.1, -0.05) is 71.4 Å². The Kier molecular flexibility index (Phi) is 4.64. The number of nitrogens with two attached hydrogens (primary N) is 1. The molecular weight excluding hydrogens is 362 g/mol. The summed E-state index contributed by atoms with van der Waals surface area (Å²) < 4.78 is 0.931. The molecule has 2 N–H and O–H groups in total. The molecule has 0 fully saturated rings. The van der Waals surface area contributed by atoms with Crippen LogP contribution in [0.25, 0.3) is 22.4 Å². The number of aromatic nitrogens is 1. The summed E-state index contributed by atoms with van der Waals surface area (Å²) in [5, 5.41) is 9.65. The van der Waals surface area contributed by atoms with Crippen LogP contribution >= 0.6 is 15.9 Å². The predicted molar refractivity (Wildman–Crippen MR) is 101 cm³/mol. The predicted octanol–water partition coefficient (Wildman–Crippen LogP) is 5.19. The molecule has 0 atom stereocenters. The molecule has 0 unspecified atom stereocenters. The van der Waals surface area contributed by atoms with E-state index >= 15 is 0 Å². The first-order valence-corrected chi connectivity index (χ1v) is 8.49. The molecule has 1 heterocycles. The summed E-state index contributed by atoms with van der Waals surface area (Å²) in [7, 11) is 0. The highest BCUT2D eigenvalue weighted by molar-refractivity contribution is 9.10. The van der Waals surface area contributed by atoms with Crippen LogP contribution in [0.3, 0.4) is 0 Å². The zero-order valence-electron chi connectivity index (χ0n) is 13.3. The Morgan fingerprint density at radius 3 is 2.38 bits per heavy atom. The summed E-state index contributed by atoms with van der Waals surface area (Å²) in [5.74, 6) is 0.263. The topological polar surface area (TPSA) is 62.7 Å². The van der Waals surface area contributed by atoms with Crippen molar-refractivity contribution in [3.8, 4) is 28.5 Å². The number of anilines is 1. The summed E-state index contributed by atoms with van der Waals surface area (Å²) in [6.07, 6.45) is 0.753. The second-order valence-electron chi connectivity index (χ2n) is 5.39. The first-order chi connectivity index (χ1) is 11.7. The maximum atomic E-state index is 9.65. The van der Waals surface area contributed by atoms with Gasteiger partial charge in [0.2, 0.25) is 0 Å². The van der Waals surface area contributed by atoms with Gasteiger partial charge < -0.3 is 5.73 Å². The summed E-state index contributed by atoms with van der Waals surface area (Å²) in [5.41, 5.74) is 11.2. The molecule has 24 heavy (non-hydrogen) atoms. The van der Waals surface area contributed by atoms with E-state index in [1.165, 1.54) is 0 Å². The highest BCUT2D eigenvalue weighted by Gasteiger charge is 2.20. The first-order valence-electron chi connectivity index (χ1n) is 7.70. The lowest BCUT2D eigenvalue weighted by molar-refractivity contribution is 1.11. The van der Waals surface area contributed by atoms with Gasteiger partial charge in [-0.15, -0.1) is 0 Å². The van der Waals surface area contributed by atoms with Crippen LogP contribution in [0, 0.1) is 11.3 Å². The number of hydrogen-bond donors (Lipinski definition) is 1. The molecule has 0 amide bonds. The molecule has 0 aliphatic carbocycles. The Morgan fingerprint density at radius 2 is 1.75 bits per heavy atom. The number of halogens is 1. The van der Waals surface area contributed by atoms with Crippen LogP contribution in [0.4, 0.5) is 5.82 Å². The highest BCUT2D eigenvalue weighted by atomic mass is 79.9. The van der Waals surface area contributed by atoms with Crippen molar-refractivity contribution in [3.05, 3.63) is 70.2 Å². The van der Waals surface area contributed by atoms with E-state index in [1.807, 2.05) is 54.6 Å². The number of nitriles is 1. The third kappa shape index (κ3) is 2.79. The van der Waals surface area contributed by atoms with Gasteiger partial charge in [-0.3, -0.25) is 0 Å². The Hall–Kier alpha value is -2.64. The molecule has 1 aromatic heterocycles. The van der Waals surface area contributed by atoms with E-state index < -0.39 is 0 Å². The third-order valence-corrected chi connectivity index (χ3v) is 4.67. The van der Waals surface area contributed by atoms with Crippen molar-refractivity contribution in [2.24, 2.45) is 0 Å². The molecule has 0 aliphatic heterocycles. The van der Waals surface area contributed by atoms with Gasteiger partial charge in [0.05, 0.1) is 5.69 Å². The second kappa shape index (κ2) is 6.86.